The molecule has 1 heterocycles. The van der Waals surface area contributed by atoms with Crippen LogP contribution in [0.2, 0.25) is 0 Å². The second kappa shape index (κ2) is 6.87. The second-order valence-electron chi connectivity index (χ2n) is 5.61. The van der Waals surface area contributed by atoms with Crippen molar-refractivity contribution in [3.63, 3.8) is 0 Å². The first-order chi connectivity index (χ1) is 10.1. The highest BCUT2D eigenvalue weighted by atomic mass is 16.5. The molecular weight excluding hydrogens is 264 g/mol. The zero-order chi connectivity index (χ0) is 15.3. The lowest BCUT2D eigenvalue weighted by Crippen LogP contribution is -2.43. The summed E-state index contributed by atoms with van der Waals surface area (Å²) in [6.45, 7) is 4.56. The Morgan fingerprint density at radius 3 is 2.81 bits per heavy atom. The van der Waals surface area contributed by atoms with E-state index in [0.29, 0.717) is 6.61 Å². The molecule has 3 N–H and O–H groups in total. The Morgan fingerprint density at radius 2 is 2.10 bits per heavy atom. The zero-order valence-corrected chi connectivity index (χ0v) is 12.8. The molecule has 0 radical (unpaired) electrons. The van der Waals surface area contributed by atoms with Crippen LogP contribution in [0.4, 0.5) is 0 Å². The van der Waals surface area contributed by atoms with E-state index in [0.717, 1.165) is 41.6 Å². The largest absolute Gasteiger partial charge is 0.491 e. The molecule has 21 heavy (non-hydrogen) atoms. The Bertz CT molecular complexity index is 594. The fourth-order valence-corrected chi connectivity index (χ4v) is 2.31. The zero-order valence-electron chi connectivity index (χ0n) is 12.8. The molecule has 4 nitrogen and oxygen atoms in total. The molecule has 0 aliphatic heterocycles. The molecule has 0 saturated heterocycles. The summed E-state index contributed by atoms with van der Waals surface area (Å²) in [6, 6.07) is 10.00. The number of nitrogens with zero attached hydrogens (tertiary/aromatic N) is 1. The molecule has 0 fully saturated rings. The predicted octanol–water partition coefficient (Wildman–Crippen LogP) is 2.80. The fraction of sp³-hybridized carbons (Fsp3) is 0.471. The van der Waals surface area contributed by atoms with Crippen LogP contribution in [0.5, 0.6) is 5.75 Å². The van der Waals surface area contributed by atoms with Gasteiger partial charge < -0.3 is 15.6 Å². The summed E-state index contributed by atoms with van der Waals surface area (Å²) in [4.78, 5) is 4.55. The maximum absolute atomic E-state index is 9.30. The molecule has 0 aliphatic rings. The van der Waals surface area contributed by atoms with Gasteiger partial charge in [0.05, 0.1) is 13.2 Å². The van der Waals surface area contributed by atoms with Crippen LogP contribution in [0, 0.1) is 6.92 Å². The van der Waals surface area contributed by atoms with E-state index in [9.17, 15) is 5.11 Å². The highest BCUT2D eigenvalue weighted by molar-refractivity contribution is 5.84. The molecule has 0 saturated carbocycles. The molecule has 0 spiro atoms. The Labute approximate surface area is 125 Å². The van der Waals surface area contributed by atoms with Gasteiger partial charge in [-0.15, -0.1) is 0 Å². The van der Waals surface area contributed by atoms with E-state index in [2.05, 4.69) is 11.1 Å². The van der Waals surface area contributed by atoms with Crippen LogP contribution in [0.1, 0.15) is 31.9 Å². The van der Waals surface area contributed by atoms with Gasteiger partial charge in [-0.25, -0.2) is 4.98 Å². The Kier molecular flexibility index (Phi) is 5.15. The van der Waals surface area contributed by atoms with Crippen LogP contribution in [-0.2, 0) is 0 Å². The van der Waals surface area contributed by atoms with Gasteiger partial charge in [-0.3, -0.25) is 0 Å². The second-order valence-corrected chi connectivity index (χ2v) is 5.61. The maximum Gasteiger partial charge on any atom is 0.145 e. The van der Waals surface area contributed by atoms with Crippen molar-refractivity contribution in [2.75, 3.05) is 13.2 Å². The average molecular weight is 288 g/mol. The van der Waals surface area contributed by atoms with E-state index in [-0.39, 0.29) is 6.61 Å². The molecule has 1 atom stereocenters. The summed E-state index contributed by atoms with van der Waals surface area (Å²) in [6.07, 6.45) is 2.32. The Morgan fingerprint density at radius 1 is 1.29 bits per heavy atom. The van der Waals surface area contributed by atoms with E-state index >= 15 is 0 Å². The van der Waals surface area contributed by atoms with Gasteiger partial charge in [-0.1, -0.05) is 25.1 Å². The van der Waals surface area contributed by atoms with Crippen LogP contribution < -0.4 is 10.5 Å². The Balaban J connectivity index is 1.99. The molecule has 2 rings (SSSR count). The number of rotatable bonds is 7. The van der Waals surface area contributed by atoms with Gasteiger partial charge in [-0.05, 0) is 38.3 Å². The SMILES string of the molecule is CCC(N)(CO)CCCOc1cccc2ccc(C)nc12. The molecule has 0 amide bonds. The third-order valence-electron chi connectivity index (χ3n) is 3.92. The van der Waals surface area contributed by atoms with E-state index in [1.54, 1.807) is 0 Å². The molecule has 114 valence electrons. The minimum atomic E-state index is -0.489. The first-order valence-electron chi connectivity index (χ1n) is 7.47. The number of para-hydroxylation sites is 1. The molecule has 0 bridgehead atoms. The van der Waals surface area contributed by atoms with Crippen molar-refractivity contribution in [3.8, 4) is 5.75 Å². The number of aryl methyl sites for hydroxylation is 1. The minimum absolute atomic E-state index is 0.0124. The van der Waals surface area contributed by atoms with Crippen molar-refractivity contribution >= 4 is 10.9 Å². The number of hydrogen-bond donors (Lipinski definition) is 2. The van der Waals surface area contributed by atoms with Crippen LogP contribution >= 0.6 is 0 Å². The highest BCUT2D eigenvalue weighted by Gasteiger charge is 2.20. The van der Waals surface area contributed by atoms with Crippen LogP contribution in [0.25, 0.3) is 10.9 Å². The highest BCUT2D eigenvalue weighted by Crippen LogP contribution is 2.24. The lowest BCUT2D eigenvalue weighted by atomic mass is 9.93. The first-order valence-corrected chi connectivity index (χ1v) is 7.47. The minimum Gasteiger partial charge on any atom is -0.491 e. The third kappa shape index (κ3) is 3.93. The summed E-state index contributed by atoms with van der Waals surface area (Å²) < 4.78 is 5.86. The van der Waals surface area contributed by atoms with Crippen molar-refractivity contribution < 1.29 is 9.84 Å². The quantitative estimate of drug-likeness (QED) is 0.769. The molecule has 1 aromatic heterocycles. The van der Waals surface area contributed by atoms with Gasteiger partial charge >= 0.3 is 0 Å². The van der Waals surface area contributed by atoms with E-state index in [1.165, 1.54) is 0 Å². The van der Waals surface area contributed by atoms with Gasteiger partial charge in [0.15, 0.2) is 0 Å². The summed E-state index contributed by atoms with van der Waals surface area (Å²) in [7, 11) is 0. The van der Waals surface area contributed by atoms with Crippen molar-refractivity contribution in [2.24, 2.45) is 5.73 Å². The molecule has 0 aliphatic carbocycles. The van der Waals surface area contributed by atoms with Crippen molar-refractivity contribution in [1.82, 2.24) is 4.98 Å². The standard InChI is InChI=1S/C17H24N2O2/c1-3-17(18,12-20)10-5-11-21-15-7-4-6-14-9-8-13(2)19-16(14)15/h4,6-9,20H,3,5,10-12,18H2,1-2H3. The number of pyridine rings is 1. The maximum atomic E-state index is 9.30. The number of ether oxygens (including phenoxy) is 1. The average Bonchev–Trinajstić information content (AvgIpc) is 2.51. The number of fused-ring (bicyclic) bond motifs is 1. The third-order valence-corrected chi connectivity index (χ3v) is 3.92. The number of aliphatic hydroxyl groups excluding tert-OH is 1. The van der Waals surface area contributed by atoms with Crippen molar-refractivity contribution in [1.29, 1.82) is 0 Å². The molecule has 4 heteroatoms. The van der Waals surface area contributed by atoms with Crippen molar-refractivity contribution in [2.45, 2.75) is 38.6 Å². The van der Waals surface area contributed by atoms with Gasteiger partial charge in [0.1, 0.15) is 11.3 Å². The summed E-state index contributed by atoms with van der Waals surface area (Å²) in [5.74, 6) is 0.805. The normalized spacial score (nSPS) is 14.1. The monoisotopic (exact) mass is 288 g/mol. The van der Waals surface area contributed by atoms with Gasteiger partial charge in [0.2, 0.25) is 0 Å². The van der Waals surface area contributed by atoms with Crippen molar-refractivity contribution in [3.05, 3.63) is 36.0 Å². The summed E-state index contributed by atoms with van der Waals surface area (Å²) in [5, 5.41) is 10.4. The van der Waals surface area contributed by atoms with Crippen LogP contribution in [-0.4, -0.2) is 28.8 Å². The topological polar surface area (TPSA) is 68.4 Å². The summed E-state index contributed by atoms with van der Waals surface area (Å²) in [5.41, 5.74) is 7.45. The molecular formula is C17H24N2O2. The lowest BCUT2D eigenvalue weighted by molar-refractivity contribution is 0.172. The predicted molar refractivity (Wildman–Crippen MR) is 85.5 cm³/mol. The van der Waals surface area contributed by atoms with Crippen LogP contribution in [0.15, 0.2) is 30.3 Å². The lowest BCUT2D eigenvalue weighted by Gasteiger charge is -2.25. The van der Waals surface area contributed by atoms with E-state index < -0.39 is 5.54 Å². The van der Waals surface area contributed by atoms with Crippen LogP contribution in [0.3, 0.4) is 0 Å². The Hall–Kier alpha value is -1.65. The fourth-order valence-electron chi connectivity index (χ4n) is 2.31. The molecule has 1 aromatic carbocycles. The number of nitrogens with two attached hydrogens (primary N) is 1. The first kappa shape index (κ1) is 15.7. The van der Waals surface area contributed by atoms with Gasteiger partial charge in [0.25, 0.3) is 0 Å². The molecule has 2 aromatic rings. The van der Waals surface area contributed by atoms with Gasteiger partial charge in [0, 0.05) is 16.6 Å². The van der Waals surface area contributed by atoms with E-state index in [1.807, 2.05) is 38.1 Å². The number of aliphatic hydroxyl groups is 1. The number of hydrogen-bond acceptors (Lipinski definition) is 4. The smallest absolute Gasteiger partial charge is 0.145 e. The number of benzene rings is 1. The number of aromatic nitrogens is 1. The van der Waals surface area contributed by atoms with E-state index in [4.69, 9.17) is 10.5 Å². The summed E-state index contributed by atoms with van der Waals surface area (Å²) >= 11 is 0. The molecule has 1 unspecified atom stereocenters. The van der Waals surface area contributed by atoms with Gasteiger partial charge in [-0.2, -0.15) is 0 Å².